The van der Waals surface area contributed by atoms with Crippen molar-refractivity contribution >= 4 is 45.3 Å². The molecule has 1 aromatic heterocycles. The molecular formula is C31H33BrN2O8S. The number of carbonyl (C=O) groups is 2. The number of aromatic nitrogens is 1. The second kappa shape index (κ2) is 14.0. The minimum absolute atomic E-state index is 0.0133. The maximum atomic E-state index is 14.0. The zero-order valence-corrected chi connectivity index (χ0v) is 27.2. The summed E-state index contributed by atoms with van der Waals surface area (Å²) in [6.07, 6.45) is 1.79. The number of hydrogen-bond acceptors (Lipinski definition) is 10. The third-order valence-electron chi connectivity index (χ3n) is 6.29. The van der Waals surface area contributed by atoms with E-state index in [2.05, 4.69) is 25.7 Å². The molecule has 4 rings (SSSR count). The molecule has 2 aromatic carbocycles. The highest BCUT2D eigenvalue weighted by Gasteiger charge is 2.34. The molecule has 0 fully saturated rings. The molecule has 0 saturated heterocycles. The second-order valence-corrected chi connectivity index (χ2v) is 11.5. The Morgan fingerprint density at radius 3 is 2.47 bits per heavy atom. The largest absolute Gasteiger partial charge is 0.490 e. The molecule has 12 heteroatoms. The summed E-state index contributed by atoms with van der Waals surface area (Å²) in [5.41, 5.74) is 1.74. The van der Waals surface area contributed by atoms with Crippen LogP contribution in [0.25, 0.3) is 6.08 Å². The van der Waals surface area contributed by atoms with Crippen LogP contribution < -0.4 is 29.1 Å². The molecule has 2 heterocycles. The van der Waals surface area contributed by atoms with Gasteiger partial charge in [-0.05, 0) is 92.0 Å². The van der Waals surface area contributed by atoms with E-state index in [0.717, 1.165) is 10.0 Å². The van der Waals surface area contributed by atoms with Gasteiger partial charge in [0.05, 0.1) is 52.7 Å². The predicted octanol–water partition coefficient (Wildman–Crippen LogP) is 4.30. The summed E-state index contributed by atoms with van der Waals surface area (Å²) >= 11 is 4.78. The summed E-state index contributed by atoms with van der Waals surface area (Å²) in [6, 6.07) is 9.80. The van der Waals surface area contributed by atoms with Crippen LogP contribution in [-0.4, -0.2) is 49.5 Å². The average molecular weight is 674 g/mol. The molecule has 0 N–H and O–H groups in total. The van der Waals surface area contributed by atoms with E-state index >= 15 is 0 Å². The first-order chi connectivity index (χ1) is 20.6. The lowest BCUT2D eigenvalue weighted by Gasteiger charge is -2.25. The fraction of sp³-hybridized carbons (Fsp3) is 0.355. The van der Waals surface area contributed by atoms with E-state index in [-0.39, 0.29) is 30.5 Å². The standard InChI is InChI=1S/C31H33BrN2O8S/c1-7-39-24-15-20(10-12-23(24)41-16-26(35)38-6)28-27(30(37)40-8-2)18(5)33-31-34(28)29(36)25(43-31)14-19-9-11-22(21(32)13-19)42-17(3)4/h9-15,17,28H,7-8,16H2,1-6H3/b25-14+/t28-/m0/s1. The van der Waals surface area contributed by atoms with Crippen molar-refractivity contribution in [1.82, 2.24) is 4.57 Å². The normalized spacial score (nSPS) is 14.7. The number of rotatable bonds is 11. The van der Waals surface area contributed by atoms with Crippen molar-refractivity contribution in [3.63, 3.8) is 0 Å². The Kier molecular flexibility index (Phi) is 10.5. The molecule has 0 aliphatic carbocycles. The van der Waals surface area contributed by atoms with Gasteiger partial charge in [-0.15, -0.1) is 0 Å². The fourth-order valence-corrected chi connectivity index (χ4v) is 6.03. The monoisotopic (exact) mass is 672 g/mol. The topological polar surface area (TPSA) is 115 Å². The fourth-order valence-electron chi connectivity index (χ4n) is 4.49. The summed E-state index contributed by atoms with van der Waals surface area (Å²) < 4.78 is 30.0. The SMILES string of the molecule is CCOC(=O)C1=C(C)N=c2s/c(=C/c3ccc(OC(C)C)c(Br)c3)c(=O)n2[C@H]1c1ccc(OCC(=O)OC)c(OCC)c1. The van der Waals surface area contributed by atoms with Gasteiger partial charge in [0, 0.05) is 0 Å². The lowest BCUT2D eigenvalue weighted by molar-refractivity contribution is -0.143. The van der Waals surface area contributed by atoms with Crippen LogP contribution in [-0.2, 0) is 19.1 Å². The van der Waals surface area contributed by atoms with Crippen LogP contribution in [0.2, 0.25) is 0 Å². The van der Waals surface area contributed by atoms with E-state index in [0.29, 0.717) is 44.4 Å². The number of halogens is 1. The molecule has 0 saturated carbocycles. The number of nitrogens with zero attached hydrogens (tertiary/aromatic N) is 2. The number of carbonyl (C=O) groups excluding carboxylic acids is 2. The zero-order chi connectivity index (χ0) is 31.3. The number of fused-ring (bicyclic) bond motifs is 1. The molecule has 228 valence electrons. The Bertz CT molecular complexity index is 1740. The lowest BCUT2D eigenvalue weighted by Crippen LogP contribution is -2.40. The minimum atomic E-state index is -0.847. The molecule has 0 unspecified atom stereocenters. The number of esters is 2. The molecule has 1 aliphatic rings. The van der Waals surface area contributed by atoms with Gasteiger partial charge in [0.1, 0.15) is 5.75 Å². The molecule has 0 spiro atoms. The summed E-state index contributed by atoms with van der Waals surface area (Å²) in [7, 11) is 1.27. The van der Waals surface area contributed by atoms with Crippen LogP contribution in [0.5, 0.6) is 17.2 Å². The Hall–Kier alpha value is -3.90. The molecule has 43 heavy (non-hydrogen) atoms. The number of allylic oxidation sites excluding steroid dienone is 1. The number of hydrogen-bond donors (Lipinski definition) is 0. The maximum absolute atomic E-state index is 14.0. The summed E-state index contributed by atoms with van der Waals surface area (Å²) in [4.78, 5) is 44.0. The van der Waals surface area contributed by atoms with Crippen molar-refractivity contribution in [1.29, 1.82) is 0 Å². The summed E-state index contributed by atoms with van der Waals surface area (Å²) in [5.74, 6) is 0.245. The molecular weight excluding hydrogens is 640 g/mol. The van der Waals surface area contributed by atoms with E-state index in [4.69, 9.17) is 18.9 Å². The van der Waals surface area contributed by atoms with Gasteiger partial charge >= 0.3 is 11.9 Å². The molecule has 0 bridgehead atoms. The lowest BCUT2D eigenvalue weighted by atomic mass is 9.95. The first kappa shape index (κ1) is 32.0. The van der Waals surface area contributed by atoms with Crippen LogP contribution in [0.1, 0.15) is 51.8 Å². The van der Waals surface area contributed by atoms with Crippen molar-refractivity contribution in [2.45, 2.75) is 46.8 Å². The highest BCUT2D eigenvalue weighted by molar-refractivity contribution is 9.10. The molecule has 0 amide bonds. The Morgan fingerprint density at radius 2 is 1.81 bits per heavy atom. The third kappa shape index (κ3) is 7.19. The van der Waals surface area contributed by atoms with Crippen LogP contribution in [0, 0.1) is 0 Å². The van der Waals surface area contributed by atoms with E-state index in [1.807, 2.05) is 39.0 Å². The predicted molar refractivity (Wildman–Crippen MR) is 165 cm³/mol. The summed E-state index contributed by atoms with van der Waals surface area (Å²) in [5, 5.41) is 0. The molecule has 1 atom stereocenters. The van der Waals surface area contributed by atoms with Crippen LogP contribution in [0.3, 0.4) is 0 Å². The van der Waals surface area contributed by atoms with Crippen LogP contribution in [0.15, 0.2) is 61.9 Å². The van der Waals surface area contributed by atoms with Crippen molar-refractivity contribution in [2.75, 3.05) is 26.9 Å². The van der Waals surface area contributed by atoms with Gasteiger partial charge in [-0.1, -0.05) is 23.5 Å². The first-order valence-electron chi connectivity index (χ1n) is 13.7. The summed E-state index contributed by atoms with van der Waals surface area (Å²) in [6.45, 7) is 9.31. The number of thiazole rings is 1. The van der Waals surface area contributed by atoms with Crippen molar-refractivity contribution in [3.8, 4) is 17.2 Å². The van der Waals surface area contributed by atoms with Gasteiger partial charge in [0.15, 0.2) is 22.9 Å². The van der Waals surface area contributed by atoms with Gasteiger partial charge in [0.2, 0.25) is 0 Å². The average Bonchev–Trinajstić information content (AvgIpc) is 3.26. The van der Waals surface area contributed by atoms with Crippen LogP contribution in [0.4, 0.5) is 0 Å². The zero-order valence-electron chi connectivity index (χ0n) is 24.8. The van der Waals surface area contributed by atoms with Crippen LogP contribution >= 0.6 is 27.3 Å². The van der Waals surface area contributed by atoms with Gasteiger partial charge in [0.25, 0.3) is 5.56 Å². The molecule has 3 aromatic rings. The first-order valence-corrected chi connectivity index (χ1v) is 15.3. The second-order valence-electron chi connectivity index (χ2n) is 9.66. The van der Waals surface area contributed by atoms with E-state index in [1.54, 1.807) is 38.1 Å². The number of methoxy groups -OCH3 is 1. The third-order valence-corrected chi connectivity index (χ3v) is 7.89. The van der Waals surface area contributed by atoms with E-state index in [1.165, 1.54) is 23.0 Å². The maximum Gasteiger partial charge on any atom is 0.343 e. The van der Waals surface area contributed by atoms with Crippen molar-refractivity contribution in [3.05, 3.63) is 83.0 Å². The number of ether oxygens (including phenoxy) is 5. The van der Waals surface area contributed by atoms with Gasteiger partial charge in [-0.3, -0.25) is 9.36 Å². The molecule has 10 nitrogen and oxygen atoms in total. The Labute approximate surface area is 261 Å². The quantitative estimate of drug-likeness (QED) is 0.277. The van der Waals surface area contributed by atoms with E-state index in [9.17, 15) is 14.4 Å². The Morgan fingerprint density at radius 1 is 1.07 bits per heavy atom. The highest BCUT2D eigenvalue weighted by atomic mass is 79.9. The Balaban J connectivity index is 1.86. The highest BCUT2D eigenvalue weighted by Crippen LogP contribution is 2.36. The van der Waals surface area contributed by atoms with Crippen molar-refractivity contribution in [2.24, 2.45) is 4.99 Å². The van der Waals surface area contributed by atoms with E-state index < -0.39 is 18.0 Å². The minimum Gasteiger partial charge on any atom is -0.490 e. The van der Waals surface area contributed by atoms with Gasteiger partial charge in [-0.25, -0.2) is 14.6 Å². The smallest absolute Gasteiger partial charge is 0.343 e. The molecule has 0 radical (unpaired) electrons. The molecule has 1 aliphatic heterocycles. The van der Waals surface area contributed by atoms with Gasteiger partial charge < -0.3 is 23.7 Å². The van der Waals surface area contributed by atoms with Gasteiger partial charge in [-0.2, -0.15) is 0 Å². The number of benzene rings is 2. The van der Waals surface area contributed by atoms with Crippen molar-refractivity contribution < 1.29 is 33.3 Å².